The number of pyridine rings is 1. The van der Waals surface area contributed by atoms with Crippen molar-refractivity contribution in [3.63, 3.8) is 0 Å². The third-order valence-corrected chi connectivity index (χ3v) is 6.35. The molecule has 0 saturated heterocycles. The van der Waals surface area contributed by atoms with Crippen LogP contribution in [0.5, 0.6) is 0 Å². The average Bonchev–Trinajstić information content (AvgIpc) is 3.40. The van der Waals surface area contributed by atoms with Gasteiger partial charge in [-0.3, -0.25) is 9.78 Å². The first-order chi connectivity index (χ1) is 17.3. The SMILES string of the molecule is CC1(c2ccc(Cl)cn2)C(=O)Nc2nc(-c3cn4ccnc4c(CCC(F)(F)C(F)(F)F)n3)nc(N)c21. The van der Waals surface area contributed by atoms with Crippen molar-refractivity contribution in [2.75, 3.05) is 11.1 Å². The molecule has 9 nitrogen and oxygen atoms in total. The minimum atomic E-state index is -5.70. The molecule has 5 heterocycles. The third kappa shape index (κ3) is 4.00. The zero-order chi connectivity index (χ0) is 26.8. The molecule has 3 N–H and O–H groups in total. The largest absolute Gasteiger partial charge is 0.453 e. The number of rotatable bonds is 5. The van der Waals surface area contributed by atoms with Gasteiger partial charge in [-0.05, 0) is 25.5 Å². The molecule has 0 radical (unpaired) electrons. The van der Waals surface area contributed by atoms with E-state index in [9.17, 15) is 26.7 Å². The standard InChI is InChI=1S/C22H16ClF5N8O/c1-20(13-3-2-10(23)8-31-13)14-15(29)33-16(34-17(14)35-19(20)37)12-9-36-7-6-30-18(36)11(32-12)4-5-21(24,25)22(26,27)28/h2-3,6-9H,4-5H2,1H3,(H3,29,33,34,35,37). The number of amides is 1. The highest BCUT2D eigenvalue weighted by Gasteiger charge is 2.56. The molecule has 37 heavy (non-hydrogen) atoms. The van der Waals surface area contributed by atoms with Crippen LogP contribution in [0.15, 0.2) is 36.9 Å². The highest BCUT2D eigenvalue weighted by molar-refractivity contribution is 6.30. The average molecular weight is 539 g/mol. The van der Waals surface area contributed by atoms with Crippen LogP contribution >= 0.6 is 11.6 Å². The van der Waals surface area contributed by atoms with Crippen LogP contribution in [0.4, 0.5) is 33.6 Å². The summed E-state index contributed by atoms with van der Waals surface area (Å²) in [4.78, 5) is 34.1. The van der Waals surface area contributed by atoms with Crippen molar-refractivity contribution < 1.29 is 26.7 Å². The molecule has 192 valence electrons. The van der Waals surface area contributed by atoms with E-state index in [1.165, 1.54) is 29.2 Å². The number of alkyl halides is 5. The first-order valence-corrected chi connectivity index (χ1v) is 11.1. The van der Waals surface area contributed by atoms with Gasteiger partial charge in [-0.25, -0.2) is 19.9 Å². The number of nitrogens with two attached hydrogens (primary N) is 1. The van der Waals surface area contributed by atoms with Crippen LogP contribution in [0, 0.1) is 0 Å². The number of imidazole rings is 1. The van der Waals surface area contributed by atoms with Gasteiger partial charge in [0.2, 0.25) is 5.91 Å². The maximum absolute atomic E-state index is 13.6. The molecular formula is C22H16ClF5N8O. The molecule has 4 aromatic heterocycles. The molecule has 1 amide bonds. The van der Waals surface area contributed by atoms with E-state index in [0.717, 1.165) is 0 Å². The van der Waals surface area contributed by atoms with Gasteiger partial charge in [0.15, 0.2) is 11.5 Å². The van der Waals surface area contributed by atoms with Crippen molar-refractivity contribution in [2.45, 2.75) is 37.3 Å². The summed E-state index contributed by atoms with van der Waals surface area (Å²) in [6.07, 6.45) is -2.33. The number of halogens is 6. The number of hydrogen-bond donors (Lipinski definition) is 2. The summed E-state index contributed by atoms with van der Waals surface area (Å²) in [5.41, 5.74) is 5.53. The van der Waals surface area contributed by atoms with Gasteiger partial charge in [0.1, 0.15) is 22.7 Å². The zero-order valence-corrected chi connectivity index (χ0v) is 19.6. The number of fused-ring (bicyclic) bond motifs is 2. The molecule has 0 bridgehead atoms. The molecule has 0 aliphatic carbocycles. The van der Waals surface area contributed by atoms with Gasteiger partial charge in [0.05, 0.1) is 22.0 Å². The fraction of sp³-hybridized carbons (Fsp3) is 0.273. The van der Waals surface area contributed by atoms with Crippen molar-refractivity contribution in [3.8, 4) is 11.5 Å². The topological polar surface area (TPSA) is 124 Å². The van der Waals surface area contributed by atoms with Gasteiger partial charge in [-0.1, -0.05) is 11.6 Å². The second-order valence-corrected chi connectivity index (χ2v) is 8.97. The molecule has 0 aromatic carbocycles. The number of aromatic nitrogens is 6. The van der Waals surface area contributed by atoms with E-state index >= 15 is 0 Å². The van der Waals surface area contributed by atoms with Crippen LogP contribution in [0.25, 0.3) is 17.2 Å². The Kier molecular flexibility index (Phi) is 5.55. The lowest BCUT2D eigenvalue weighted by Gasteiger charge is -2.22. The molecule has 4 aromatic rings. The number of carbonyl (C=O) groups excluding carboxylic acids is 1. The van der Waals surface area contributed by atoms with E-state index in [0.29, 0.717) is 10.7 Å². The number of carbonyl (C=O) groups is 1. The van der Waals surface area contributed by atoms with Crippen LogP contribution in [-0.4, -0.2) is 47.3 Å². The molecule has 5 rings (SSSR count). The molecule has 15 heteroatoms. The second-order valence-electron chi connectivity index (χ2n) is 8.53. The smallest absolute Gasteiger partial charge is 0.383 e. The number of anilines is 2. The maximum Gasteiger partial charge on any atom is 0.453 e. The molecule has 1 aliphatic heterocycles. The van der Waals surface area contributed by atoms with Gasteiger partial charge in [-0.15, -0.1) is 0 Å². The molecule has 0 fully saturated rings. The molecular weight excluding hydrogens is 523 g/mol. The van der Waals surface area contributed by atoms with Crippen molar-refractivity contribution in [1.29, 1.82) is 0 Å². The number of nitrogens with zero attached hydrogens (tertiary/aromatic N) is 6. The van der Waals surface area contributed by atoms with Gasteiger partial charge < -0.3 is 15.5 Å². The lowest BCUT2D eigenvalue weighted by Crippen LogP contribution is -2.36. The highest BCUT2D eigenvalue weighted by Crippen LogP contribution is 2.44. The Hall–Kier alpha value is -3.94. The molecule has 1 atom stereocenters. The predicted octanol–water partition coefficient (Wildman–Crippen LogP) is 4.21. The Labute approximate surface area is 209 Å². The molecule has 1 aliphatic rings. The van der Waals surface area contributed by atoms with Gasteiger partial charge >= 0.3 is 12.1 Å². The fourth-order valence-electron chi connectivity index (χ4n) is 4.13. The maximum atomic E-state index is 13.6. The Balaban J connectivity index is 1.57. The summed E-state index contributed by atoms with van der Waals surface area (Å²) in [6.45, 7) is 1.60. The number of nitrogen functional groups attached to an aromatic ring is 1. The summed E-state index contributed by atoms with van der Waals surface area (Å²) in [5.74, 6) is -5.44. The third-order valence-electron chi connectivity index (χ3n) is 6.13. The second kappa shape index (κ2) is 8.30. The molecule has 1 unspecified atom stereocenters. The van der Waals surface area contributed by atoms with Crippen LogP contribution < -0.4 is 11.1 Å². The number of nitrogens with one attached hydrogen (secondary N) is 1. The number of aryl methyl sites for hydroxylation is 1. The summed E-state index contributed by atoms with van der Waals surface area (Å²) in [5, 5.41) is 3.02. The lowest BCUT2D eigenvalue weighted by molar-refractivity contribution is -0.284. The van der Waals surface area contributed by atoms with E-state index in [4.69, 9.17) is 17.3 Å². The van der Waals surface area contributed by atoms with Crippen LogP contribution in [0.2, 0.25) is 5.02 Å². The fourth-order valence-corrected chi connectivity index (χ4v) is 4.24. The Bertz CT molecular complexity index is 1540. The molecule has 0 spiro atoms. The summed E-state index contributed by atoms with van der Waals surface area (Å²) in [7, 11) is 0. The van der Waals surface area contributed by atoms with Crippen molar-refractivity contribution >= 4 is 34.8 Å². The van der Waals surface area contributed by atoms with Crippen LogP contribution in [0.3, 0.4) is 0 Å². The summed E-state index contributed by atoms with van der Waals surface area (Å²) < 4.78 is 66.5. The van der Waals surface area contributed by atoms with Crippen LogP contribution in [0.1, 0.15) is 30.3 Å². The molecule has 0 saturated carbocycles. The predicted molar refractivity (Wildman–Crippen MR) is 122 cm³/mol. The van der Waals surface area contributed by atoms with Crippen molar-refractivity contribution in [2.24, 2.45) is 0 Å². The van der Waals surface area contributed by atoms with E-state index < -0.39 is 36.3 Å². The first-order valence-electron chi connectivity index (χ1n) is 10.7. The lowest BCUT2D eigenvalue weighted by atomic mass is 9.81. The zero-order valence-electron chi connectivity index (χ0n) is 18.8. The minimum Gasteiger partial charge on any atom is -0.383 e. The van der Waals surface area contributed by atoms with Gasteiger partial charge in [0.25, 0.3) is 0 Å². The van der Waals surface area contributed by atoms with Gasteiger partial charge in [0, 0.05) is 31.2 Å². The summed E-state index contributed by atoms with van der Waals surface area (Å²) >= 11 is 5.91. The monoisotopic (exact) mass is 538 g/mol. The normalized spacial score (nSPS) is 17.8. The first kappa shape index (κ1) is 24.7. The van der Waals surface area contributed by atoms with Crippen LogP contribution in [-0.2, 0) is 16.6 Å². The van der Waals surface area contributed by atoms with E-state index in [2.05, 4.69) is 30.2 Å². The summed E-state index contributed by atoms with van der Waals surface area (Å²) in [6, 6.07) is 3.14. The highest BCUT2D eigenvalue weighted by atomic mass is 35.5. The Morgan fingerprint density at radius 2 is 1.89 bits per heavy atom. The Morgan fingerprint density at radius 3 is 2.57 bits per heavy atom. The van der Waals surface area contributed by atoms with E-state index in [1.54, 1.807) is 19.1 Å². The quantitative estimate of drug-likeness (QED) is 0.365. The number of hydrogen-bond acceptors (Lipinski definition) is 7. The van der Waals surface area contributed by atoms with E-state index in [1.807, 2.05) is 0 Å². The Morgan fingerprint density at radius 1 is 1.14 bits per heavy atom. The van der Waals surface area contributed by atoms with E-state index in [-0.39, 0.29) is 40.1 Å². The minimum absolute atomic E-state index is 0.0257. The van der Waals surface area contributed by atoms with Crippen molar-refractivity contribution in [1.82, 2.24) is 29.3 Å². The van der Waals surface area contributed by atoms with Gasteiger partial charge in [-0.2, -0.15) is 22.0 Å². The van der Waals surface area contributed by atoms with Crippen molar-refractivity contribution in [3.05, 3.63) is 58.9 Å².